The van der Waals surface area contributed by atoms with Crippen molar-refractivity contribution in [2.45, 2.75) is 13.0 Å². The summed E-state index contributed by atoms with van der Waals surface area (Å²) in [7, 11) is 0. The Bertz CT molecular complexity index is 1050. The molecule has 0 unspecified atom stereocenters. The summed E-state index contributed by atoms with van der Waals surface area (Å²) in [4.78, 5) is 26.3. The first-order valence-corrected chi connectivity index (χ1v) is 9.05. The molecule has 6 nitrogen and oxygen atoms in total. The molecule has 29 heavy (non-hydrogen) atoms. The van der Waals surface area contributed by atoms with Crippen LogP contribution in [0.5, 0.6) is 0 Å². The maximum Gasteiger partial charge on any atom is 0.227 e. The zero-order chi connectivity index (χ0) is 20.4. The Hall–Kier alpha value is -3.55. The van der Waals surface area contributed by atoms with E-state index in [-0.39, 0.29) is 36.1 Å². The van der Waals surface area contributed by atoms with Gasteiger partial charge in [-0.25, -0.2) is 8.78 Å². The third-order valence-electron chi connectivity index (χ3n) is 4.76. The number of hydrogen-bond donors (Lipinski definition) is 1. The lowest BCUT2D eigenvalue weighted by atomic mass is 10.1. The quantitative estimate of drug-likeness (QED) is 0.717. The summed E-state index contributed by atoms with van der Waals surface area (Å²) < 4.78 is 32.0. The Morgan fingerprint density at radius 2 is 1.97 bits per heavy atom. The molecule has 0 aliphatic carbocycles. The second-order valence-corrected chi connectivity index (χ2v) is 6.77. The molecule has 3 aromatic rings. The van der Waals surface area contributed by atoms with Crippen molar-refractivity contribution in [3.05, 3.63) is 71.9 Å². The molecule has 0 bridgehead atoms. The van der Waals surface area contributed by atoms with E-state index in [0.717, 1.165) is 17.8 Å². The molecule has 1 atom stereocenters. The minimum atomic E-state index is -0.762. The topological polar surface area (TPSA) is 75.4 Å². The van der Waals surface area contributed by atoms with Crippen LogP contribution in [0.25, 0.3) is 11.3 Å². The van der Waals surface area contributed by atoms with E-state index in [1.165, 1.54) is 12.1 Å². The van der Waals surface area contributed by atoms with Gasteiger partial charge in [0.1, 0.15) is 17.3 Å². The molecule has 4 rings (SSSR count). The molecular formula is C21H17F2N3O3. The summed E-state index contributed by atoms with van der Waals surface area (Å²) in [5.41, 5.74) is 1.23. The standard InChI is InChI=1S/C21H17F2N3O3/c22-14-6-7-17(18(23)9-14)19-10-15(25-29-19)11-24-21(28)13-8-20(27)26(12-13)16-4-2-1-3-5-16/h1-7,9-10,13H,8,11-12H2,(H,24,28)/t13-/m1/s1. The SMILES string of the molecule is O=C(NCc1cc(-c2ccc(F)cc2F)on1)[C@@H]1CC(=O)N(c2ccccc2)C1. The fourth-order valence-corrected chi connectivity index (χ4v) is 3.27. The van der Waals surface area contributed by atoms with Gasteiger partial charge in [0.15, 0.2) is 5.76 Å². The second kappa shape index (κ2) is 7.83. The highest BCUT2D eigenvalue weighted by atomic mass is 19.1. The number of hydrogen-bond acceptors (Lipinski definition) is 4. The maximum absolute atomic E-state index is 13.8. The van der Waals surface area contributed by atoms with Gasteiger partial charge in [-0.15, -0.1) is 0 Å². The predicted molar refractivity (Wildman–Crippen MR) is 101 cm³/mol. The van der Waals surface area contributed by atoms with Gasteiger partial charge in [0.05, 0.1) is 18.0 Å². The van der Waals surface area contributed by atoms with Crippen LogP contribution in [0.2, 0.25) is 0 Å². The van der Waals surface area contributed by atoms with E-state index in [4.69, 9.17) is 4.52 Å². The molecule has 1 fully saturated rings. The van der Waals surface area contributed by atoms with Gasteiger partial charge in [-0.1, -0.05) is 23.4 Å². The molecule has 2 amide bonds. The normalized spacial score (nSPS) is 16.3. The Kier molecular flexibility index (Phi) is 5.07. The van der Waals surface area contributed by atoms with Gasteiger partial charge in [-0.05, 0) is 24.3 Å². The van der Waals surface area contributed by atoms with Gasteiger partial charge in [-0.3, -0.25) is 9.59 Å². The van der Waals surface area contributed by atoms with E-state index < -0.39 is 17.6 Å². The van der Waals surface area contributed by atoms with Crippen molar-refractivity contribution < 1.29 is 22.9 Å². The number of carbonyl (C=O) groups is 2. The van der Waals surface area contributed by atoms with Crippen LogP contribution in [0.3, 0.4) is 0 Å². The monoisotopic (exact) mass is 397 g/mol. The first-order valence-electron chi connectivity index (χ1n) is 9.05. The molecule has 1 aromatic heterocycles. The number of rotatable bonds is 5. The van der Waals surface area contributed by atoms with Crippen LogP contribution >= 0.6 is 0 Å². The zero-order valence-electron chi connectivity index (χ0n) is 15.3. The number of amides is 2. The van der Waals surface area contributed by atoms with Gasteiger partial charge in [0.2, 0.25) is 11.8 Å². The highest BCUT2D eigenvalue weighted by molar-refractivity contribution is 6.00. The average Bonchev–Trinajstić information content (AvgIpc) is 3.33. The summed E-state index contributed by atoms with van der Waals surface area (Å²) >= 11 is 0. The Labute approximate surface area is 165 Å². The number of nitrogens with zero attached hydrogens (tertiary/aromatic N) is 2. The molecule has 0 saturated carbocycles. The summed E-state index contributed by atoms with van der Waals surface area (Å²) in [5, 5.41) is 6.53. The molecule has 148 valence electrons. The van der Waals surface area contributed by atoms with Crippen molar-refractivity contribution in [2.75, 3.05) is 11.4 Å². The van der Waals surface area contributed by atoms with Gasteiger partial charge in [0, 0.05) is 30.8 Å². The third-order valence-corrected chi connectivity index (χ3v) is 4.76. The van der Waals surface area contributed by atoms with Crippen LogP contribution in [0.1, 0.15) is 12.1 Å². The van der Waals surface area contributed by atoms with Crippen molar-refractivity contribution in [3.8, 4) is 11.3 Å². The molecule has 0 spiro atoms. The Morgan fingerprint density at radius 1 is 1.17 bits per heavy atom. The minimum absolute atomic E-state index is 0.0706. The first kappa shape index (κ1) is 18.8. The molecule has 1 N–H and O–H groups in total. The van der Waals surface area contributed by atoms with Crippen LogP contribution in [0, 0.1) is 17.6 Å². The van der Waals surface area contributed by atoms with Crippen molar-refractivity contribution in [1.82, 2.24) is 10.5 Å². The highest BCUT2D eigenvalue weighted by Crippen LogP contribution is 2.26. The number of aromatic nitrogens is 1. The summed E-state index contributed by atoms with van der Waals surface area (Å²) in [6.07, 6.45) is 0.131. The lowest BCUT2D eigenvalue weighted by Crippen LogP contribution is -2.32. The van der Waals surface area contributed by atoms with E-state index in [1.54, 1.807) is 4.90 Å². The van der Waals surface area contributed by atoms with Crippen molar-refractivity contribution in [3.63, 3.8) is 0 Å². The van der Waals surface area contributed by atoms with Gasteiger partial charge in [-0.2, -0.15) is 0 Å². The van der Waals surface area contributed by atoms with Crippen molar-refractivity contribution >= 4 is 17.5 Å². The lowest BCUT2D eigenvalue weighted by Gasteiger charge is -2.16. The van der Waals surface area contributed by atoms with Crippen LogP contribution < -0.4 is 10.2 Å². The number of benzene rings is 2. The van der Waals surface area contributed by atoms with Gasteiger partial charge >= 0.3 is 0 Å². The molecule has 1 aliphatic heterocycles. The number of carbonyl (C=O) groups excluding carboxylic acids is 2. The zero-order valence-corrected chi connectivity index (χ0v) is 15.3. The van der Waals surface area contributed by atoms with E-state index in [9.17, 15) is 18.4 Å². The van der Waals surface area contributed by atoms with E-state index >= 15 is 0 Å². The fraction of sp³-hybridized carbons (Fsp3) is 0.190. The minimum Gasteiger partial charge on any atom is -0.356 e. The van der Waals surface area contributed by atoms with Gasteiger partial charge in [0.25, 0.3) is 0 Å². The molecular weight excluding hydrogens is 380 g/mol. The predicted octanol–water partition coefficient (Wildman–Crippen LogP) is 3.29. The average molecular weight is 397 g/mol. The van der Waals surface area contributed by atoms with E-state index in [2.05, 4.69) is 10.5 Å². The Balaban J connectivity index is 1.37. The maximum atomic E-state index is 13.8. The molecule has 2 heterocycles. The number of para-hydroxylation sites is 1. The molecule has 2 aromatic carbocycles. The summed E-state index contributed by atoms with van der Waals surface area (Å²) in [6, 6.07) is 13.8. The number of halogens is 2. The first-order chi connectivity index (χ1) is 14.0. The lowest BCUT2D eigenvalue weighted by molar-refractivity contribution is -0.126. The van der Waals surface area contributed by atoms with Crippen LogP contribution in [0.15, 0.2) is 59.1 Å². The summed E-state index contributed by atoms with van der Waals surface area (Å²) in [5.74, 6) is -2.15. The number of nitrogens with one attached hydrogen (secondary N) is 1. The highest BCUT2D eigenvalue weighted by Gasteiger charge is 2.35. The molecule has 1 saturated heterocycles. The third kappa shape index (κ3) is 4.01. The van der Waals surface area contributed by atoms with Crippen molar-refractivity contribution in [1.29, 1.82) is 0 Å². The van der Waals surface area contributed by atoms with Crippen molar-refractivity contribution in [2.24, 2.45) is 5.92 Å². The smallest absolute Gasteiger partial charge is 0.227 e. The Morgan fingerprint density at radius 3 is 2.72 bits per heavy atom. The van der Waals surface area contributed by atoms with Gasteiger partial charge < -0.3 is 14.7 Å². The van der Waals surface area contributed by atoms with Crippen LogP contribution in [-0.2, 0) is 16.1 Å². The van der Waals surface area contributed by atoms with E-state index in [0.29, 0.717) is 12.2 Å². The number of anilines is 1. The fourth-order valence-electron chi connectivity index (χ4n) is 3.27. The molecule has 1 aliphatic rings. The van der Waals surface area contributed by atoms with Crippen LogP contribution in [0.4, 0.5) is 14.5 Å². The van der Waals surface area contributed by atoms with E-state index in [1.807, 2.05) is 30.3 Å². The molecule has 8 heteroatoms. The second-order valence-electron chi connectivity index (χ2n) is 6.77. The summed E-state index contributed by atoms with van der Waals surface area (Å²) in [6.45, 7) is 0.376. The van der Waals surface area contributed by atoms with Crippen LogP contribution in [-0.4, -0.2) is 23.5 Å². The molecule has 0 radical (unpaired) electrons. The largest absolute Gasteiger partial charge is 0.356 e.